The summed E-state index contributed by atoms with van der Waals surface area (Å²) in [6.07, 6.45) is 2.57. The molecule has 0 saturated carbocycles. The first-order valence-electron chi connectivity index (χ1n) is 8.55. The number of para-hydroxylation sites is 1. The van der Waals surface area contributed by atoms with Crippen LogP contribution in [0.5, 0.6) is 0 Å². The quantitative estimate of drug-likeness (QED) is 0.833. The van der Waals surface area contributed by atoms with E-state index in [-0.39, 0.29) is 0 Å². The van der Waals surface area contributed by atoms with Gasteiger partial charge in [0.15, 0.2) is 0 Å². The molecule has 0 aliphatic carbocycles. The van der Waals surface area contributed by atoms with E-state index in [9.17, 15) is 0 Å². The van der Waals surface area contributed by atoms with Crippen molar-refractivity contribution in [2.45, 2.75) is 25.8 Å². The Morgan fingerprint density at radius 2 is 1.61 bits per heavy atom. The van der Waals surface area contributed by atoms with E-state index in [2.05, 4.69) is 71.3 Å². The van der Waals surface area contributed by atoms with Crippen molar-refractivity contribution in [2.75, 3.05) is 24.7 Å². The number of hydrogen-bond acceptors (Lipinski definition) is 3. The van der Waals surface area contributed by atoms with Gasteiger partial charge in [-0.3, -0.25) is 0 Å². The molecular formula is C20H23N3. The summed E-state index contributed by atoms with van der Waals surface area (Å²) in [5.74, 6) is 1.19. The molecule has 118 valence electrons. The van der Waals surface area contributed by atoms with Gasteiger partial charge in [-0.15, -0.1) is 0 Å². The first-order valence-corrected chi connectivity index (χ1v) is 8.55. The van der Waals surface area contributed by atoms with E-state index in [0.717, 1.165) is 19.8 Å². The van der Waals surface area contributed by atoms with Gasteiger partial charge in [0.05, 0.1) is 6.04 Å². The predicted molar refractivity (Wildman–Crippen MR) is 96.0 cm³/mol. The van der Waals surface area contributed by atoms with Gasteiger partial charge in [-0.2, -0.15) is 0 Å². The number of amidine groups is 1. The van der Waals surface area contributed by atoms with Crippen LogP contribution in [0.2, 0.25) is 0 Å². The van der Waals surface area contributed by atoms with Gasteiger partial charge < -0.3 is 9.80 Å². The van der Waals surface area contributed by atoms with E-state index in [1.54, 1.807) is 0 Å². The summed E-state index contributed by atoms with van der Waals surface area (Å²) in [5, 5.41) is 0. The van der Waals surface area contributed by atoms with Gasteiger partial charge in [-0.1, -0.05) is 42.5 Å². The zero-order valence-corrected chi connectivity index (χ0v) is 13.7. The summed E-state index contributed by atoms with van der Waals surface area (Å²) >= 11 is 0. The lowest BCUT2D eigenvalue weighted by atomic mass is 10.0. The molecule has 2 aliphatic rings. The Kier molecular flexibility index (Phi) is 3.78. The Bertz CT molecular complexity index is 702. The van der Waals surface area contributed by atoms with Crippen LogP contribution in [0.15, 0.2) is 59.6 Å². The standard InChI is InChI=1S/C20H23N3/c1-16(17-9-3-2-4-10-17)23-15-21-20(22-13-7-8-14-22)18-11-5-6-12-19(18)23/h2-6,9-12,16H,7-8,13-15H2,1H3. The fourth-order valence-corrected chi connectivity index (χ4v) is 3.66. The van der Waals surface area contributed by atoms with E-state index in [1.807, 2.05) is 0 Å². The second-order valence-electron chi connectivity index (χ2n) is 6.39. The topological polar surface area (TPSA) is 18.8 Å². The van der Waals surface area contributed by atoms with Gasteiger partial charge in [0, 0.05) is 24.3 Å². The molecule has 1 unspecified atom stereocenters. The molecule has 0 spiro atoms. The van der Waals surface area contributed by atoms with Crippen molar-refractivity contribution >= 4 is 11.5 Å². The smallest absolute Gasteiger partial charge is 0.134 e. The van der Waals surface area contributed by atoms with Crippen molar-refractivity contribution < 1.29 is 0 Å². The minimum absolute atomic E-state index is 0.321. The summed E-state index contributed by atoms with van der Waals surface area (Å²) in [5.41, 5.74) is 3.92. The molecule has 0 bridgehead atoms. The van der Waals surface area contributed by atoms with Crippen LogP contribution in [0.25, 0.3) is 0 Å². The van der Waals surface area contributed by atoms with E-state index >= 15 is 0 Å². The molecular weight excluding hydrogens is 282 g/mol. The average molecular weight is 305 g/mol. The Morgan fingerprint density at radius 3 is 2.39 bits per heavy atom. The molecule has 1 saturated heterocycles. The predicted octanol–water partition coefficient (Wildman–Crippen LogP) is 4.07. The van der Waals surface area contributed by atoms with Crippen molar-refractivity contribution in [1.29, 1.82) is 0 Å². The number of benzene rings is 2. The highest BCUT2D eigenvalue weighted by molar-refractivity contribution is 6.05. The molecule has 2 aromatic carbocycles. The van der Waals surface area contributed by atoms with Gasteiger partial charge in [-0.25, -0.2) is 4.99 Å². The highest BCUT2D eigenvalue weighted by atomic mass is 15.3. The highest BCUT2D eigenvalue weighted by Crippen LogP contribution is 2.33. The van der Waals surface area contributed by atoms with Crippen molar-refractivity contribution in [3.63, 3.8) is 0 Å². The lowest BCUT2D eigenvalue weighted by Gasteiger charge is -2.37. The second-order valence-corrected chi connectivity index (χ2v) is 6.39. The zero-order chi connectivity index (χ0) is 15.6. The molecule has 2 heterocycles. The molecule has 3 nitrogen and oxygen atoms in total. The first kappa shape index (κ1) is 14.3. The van der Waals surface area contributed by atoms with Gasteiger partial charge in [0.2, 0.25) is 0 Å². The summed E-state index contributed by atoms with van der Waals surface area (Å²) in [6, 6.07) is 19.7. The van der Waals surface area contributed by atoms with Crippen molar-refractivity contribution in [3.05, 3.63) is 65.7 Å². The number of nitrogens with zero attached hydrogens (tertiary/aromatic N) is 3. The Balaban J connectivity index is 1.69. The molecule has 1 atom stereocenters. The van der Waals surface area contributed by atoms with Gasteiger partial charge in [-0.05, 0) is 37.5 Å². The summed E-state index contributed by atoms with van der Waals surface area (Å²) in [4.78, 5) is 9.80. The molecule has 2 aromatic rings. The molecule has 4 rings (SSSR count). The monoisotopic (exact) mass is 305 g/mol. The zero-order valence-electron chi connectivity index (χ0n) is 13.7. The number of aliphatic imine (C=N–C) groups is 1. The Labute approximate surface area is 138 Å². The van der Waals surface area contributed by atoms with E-state index in [4.69, 9.17) is 4.99 Å². The third-order valence-electron chi connectivity index (χ3n) is 4.98. The van der Waals surface area contributed by atoms with Gasteiger partial charge in [0.25, 0.3) is 0 Å². The van der Waals surface area contributed by atoms with E-state index < -0.39 is 0 Å². The summed E-state index contributed by atoms with van der Waals surface area (Å²) < 4.78 is 0. The maximum Gasteiger partial charge on any atom is 0.134 e. The van der Waals surface area contributed by atoms with Crippen LogP contribution in [-0.2, 0) is 0 Å². The number of rotatable bonds is 2. The molecule has 0 N–H and O–H groups in total. The second kappa shape index (κ2) is 6.07. The minimum atomic E-state index is 0.321. The third kappa shape index (κ3) is 2.61. The average Bonchev–Trinajstić information content (AvgIpc) is 3.15. The SMILES string of the molecule is CC(c1ccccc1)N1CN=C(N2CCCC2)c2ccccc21. The van der Waals surface area contributed by atoms with Crippen LogP contribution < -0.4 is 4.90 Å². The molecule has 3 heteroatoms. The van der Waals surface area contributed by atoms with Crippen LogP contribution in [0.4, 0.5) is 5.69 Å². The van der Waals surface area contributed by atoms with Crippen LogP contribution in [0.3, 0.4) is 0 Å². The number of fused-ring (bicyclic) bond motifs is 1. The van der Waals surface area contributed by atoms with Crippen LogP contribution in [-0.4, -0.2) is 30.5 Å². The fraction of sp³-hybridized carbons (Fsp3) is 0.350. The maximum absolute atomic E-state index is 4.95. The van der Waals surface area contributed by atoms with Crippen molar-refractivity contribution in [2.24, 2.45) is 4.99 Å². The molecule has 0 aromatic heterocycles. The minimum Gasteiger partial charge on any atom is -0.356 e. The lowest BCUT2D eigenvalue weighted by molar-refractivity contribution is 0.512. The first-order chi connectivity index (χ1) is 11.3. The van der Waals surface area contributed by atoms with Gasteiger partial charge >= 0.3 is 0 Å². The largest absolute Gasteiger partial charge is 0.356 e. The van der Waals surface area contributed by atoms with Gasteiger partial charge in [0.1, 0.15) is 12.5 Å². The molecule has 2 aliphatic heterocycles. The number of likely N-dealkylation sites (tertiary alicyclic amines) is 1. The molecule has 0 radical (unpaired) electrons. The Hall–Kier alpha value is -2.29. The number of hydrogen-bond donors (Lipinski definition) is 0. The normalized spacial score (nSPS) is 18.6. The van der Waals surface area contributed by atoms with Crippen LogP contribution >= 0.6 is 0 Å². The van der Waals surface area contributed by atoms with Crippen LogP contribution in [0, 0.1) is 0 Å². The van der Waals surface area contributed by atoms with E-state index in [1.165, 1.54) is 35.5 Å². The highest BCUT2D eigenvalue weighted by Gasteiger charge is 2.27. The lowest BCUT2D eigenvalue weighted by Crippen LogP contribution is -2.38. The maximum atomic E-state index is 4.95. The fourth-order valence-electron chi connectivity index (χ4n) is 3.66. The van der Waals surface area contributed by atoms with Crippen molar-refractivity contribution in [1.82, 2.24) is 4.90 Å². The number of anilines is 1. The molecule has 23 heavy (non-hydrogen) atoms. The summed E-state index contributed by atoms with van der Waals surface area (Å²) in [6.45, 7) is 5.28. The third-order valence-corrected chi connectivity index (χ3v) is 4.98. The van der Waals surface area contributed by atoms with Crippen molar-refractivity contribution in [3.8, 4) is 0 Å². The molecule has 1 fully saturated rings. The van der Waals surface area contributed by atoms with E-state index in [0.29, 0.717) is 6.04 Å². The Morgan fingerprint density at radius 1 is 0.913 bits per heavy atom. The van der Waals surface area contributed by atoms with Crippen LogP contribution in [0.1, 0.15) is 36.9 Å². The molecule has 0 amide bonds. The summed E-state index contributed by atoms with van der Waals surface area (Å²) in [7, 11) is 0.